The van der Waals surface area contributed by atoms with E-state index in [2.05, 4.69) is 51.0 Å². The molecule has 0 aliphatic carbocycles. The smallest absolute Gasteiger partial charge is 0.318 e. The topological polar surface area (TPSA) is 80.9 Å². The van der Waals surface area contributed by atoms with Crippen LogP contribution in [-0.4, -0.2) is 42.3 Å². The van der Waals surface area contributed by atoms with Gasteiger partial charge in [-0.25, -0.2) is 9.78 Å². The van der Waals surface area contributed by atoms with E-state index in [-0.39, 0.29) is 18.1 Å². The number of benzene rings is 1. The van der Waals surface area contributed by atoms with Crippen LogP contribution in [0.4, 0.5) is 4.79 Å². The maximum absolute atomic E-state index is 12.6. The van der Waals surface area contributed by atoms with Crippen molar-refractivity contribution in [3.63, 3.8) is 0 Å². The summed E-state index contributed by atoms with van der Waals surface area (Å²) in [7, 11) is 1.76. The Morgan fingerprint density at radius 3 is 2.68 bits per heavy atom. The van der Waals surface area contributed by atoms with Crippen LogP contribution in [0.2, 0.25) is 0 Å². The lowest BCUT2D eigenvalue weighted by molar-refractivity contribution is 0.201. The number of hydrogen-bond donors (Lipinski definition) is 1. The van der Waals surface area contributed by atoms with E-state index in [1.165, 1.54) is 5.56 Å². The first-order chi connectivity index (χ1) is 13.5. The molecular weight excluding hydrogens is 354 g/mol. The summed E-state index contributed by atoms with van der Waals surface area (Å²) in [4.78, 5) is 18.7. The standard InChI is InChI=1S/C20H27N7O/c1-15(2)27-14-22-24-19(27)16(3)23-20(28)25(4)13-18-21-10-11-26(18)12-17-8-6-5-7-9-17/h5-11,14-16H,12-13H2,1-4H3,(H,23,28)/t16-/m1/s1. The van der Waals surface area contributed by atoms with Crippen molar-refractivity contribution in [3.05, 3.63) is 66.3 Å². The number of nitrogens with one attached hydrogen (secondary N) is 1. The highest BCUT2D eigenvalue weighted by Gasteiger charge is 2.20. The normalized spacial score (nSPS) is 12.2. The zero-order valence-electron chi connectivity index (χ0n) is 16.8. The van der Waals surface area contributed by atoms with Gasteiger partial charge in [0.1, 0.15) is 12.2 Å². The van der Waals surface area contributed by atoms with Gasteiger partial charge in [0.25, 0.3) is 0 Å². The van der Waals surface area contributed by atoms with Gasteiger partial charge in [-0.05, 0) is 26.3 Å². The molecule has 0 spiro atoms. The minimum atomic E-state index is -0.246. The maximum atomic E-state index is 12.6. The number of nitrogens with zero attached hydrogens (tertiary/aromatic N) is 6. The van der Waals surface area contributed by atoms with Crippen LogP contribution >= 0.6 is 0 Å². The number of carbonyl (C=O) groups excluding carboxylic acids is 1. The van der Waals surface area contributed by atoms with Crippen molar-refractivity contribution in [1.82, 2.24) is 34.5 Å². The maximum Gasteiger partial charge on any atom is 0.318 e. The van der Waals surface area contributed by atoms with E-state index >= 15 is 0 Å². The molecule has 0 unspecified atom stereocenters. The molecule has 1 aromatic carbocycles. The van der Waals surface area contributed by atoms with Gasteiger partial charge in [-0.3, -0.25) is 0 Å². The van der Waals surface area contributed by atoms with Crippen LogP contribution in [-0.2, 0) is 13.1 Å². The molecule has 0 fully saturated rings. The van der Waals surface area contributed by atoms with Crippen molar-refractivity contribution in [2.75, 3.05) is 7.05 Å². The molecule has 0 aliphatic rings. The van der Waals surface area contributed by atoms with Crippen LogP contribution < -0.4 is 5.32 Å². The summed E-state index contributed by atoms with van der Waals surface area (Å²) < 4.78 is 4.01. The van der Waals surface area contributed by atoms with Gasteiger partial charge in [0.15, 0.2) is 5.82 Å². The fraction of sp³-hybridized carbons (Fsp3) is 0.400. The first-order valence-corrected chi connectivity index (χ1v) is 9.40. The van der Waals surface area contributed by atoms with Crippen LogP contribution in [0, 0.1) is 0 Å². The molecule has 1 N–H and O–H groups in total. The lowest BCUT2D eigenvalue weighted by Gasteiger charge is -2.22. The molecule has 0 radical (unpaired) electrons. The van der Waals surface area contributed by atoms with Gasteiger partial charge >= 0.3 is 6.03 Å². The Labute approximate surface area is 165 Å². The molecule has 8 nitrogen and oxygen atoms in total. The van der Waals surface area contributed by atoms with Crippen molar-refractivity contribution in [2.45, 2.75) is 45.9 Å². The third kappa shape index (κ3) is 4.57. The fourth-order valence-electron chi connectivity index (χ4n) is 3.02. The van der Waals surface area contributed by atoms with E-state index in [0.29, 0.717) is 6.54 Å². The number of imidazole rings is 1. The van der Waals surface area contributed by atoms with E-state index in [4.69, 9.17) is 0 Å². The highest BCUT2D eigenvalue weighted by molar-refractivity contribution is 5.74. The second kappa shape index (κ2) is 8.69. The third-order valence-corrected chi connectivity index (χ3v) is 4.61. The highest BCUT2D eigenvalue weighted by atomic mass is 16.2. The van der Waals surface area contributed by atoms with Crippen LogP contribution in [0.3, 0.4) is 0 Å². The number of hydrogen-bond acceptors (Lipinski definition) is 4. The molecule has 3 aromatic rings. The van der Waals surface area contributed by atoms with Crippen molar-refractivity contribution >= 4 is 6.03 Å². The molecule has 0 saturated carbocycles. The summed E-state index contributed by atoms with van der Waals surface area (Å²) in [6.07, 6.45) is 5.38. The molecular formula is C20H27N7O. The largest absolute Gasteiger partial charge is 0.329 e. The molecule has 8 heteroatoms. The second-order valence-corrected chi connectivity index (χ2v) is 7.17. The molecule has 3 rings (SSSR count). The minimum Gasteiger partial charge on any atom is -0.329 e. The van der Waals surface area contributed by atoms with Gasteiger partial charge in [-0.15, -0.1) is 10.2 Å². The van der Waals surface area contributed by atoms with Crippen LogP contribution in [0.1, 0.15) is 50.1 Å². The summed E-state index contributed by atoms with van der Waals surface area (Å²) in [5.74, 6) is 1.57. The number of rotatable bonds is 7. The van der Waals surface area contributed by atoms with Gasteiger partial charge in [0.2, 0.25) is 0 Å². The lowest BCUT2D eigenvalue weighted by atomic mass is 10.2. The average molecular weight is 381 g/mol. The molecule has 2 heterocycles. The van der Waals surface area contributed by atoms with E-state index in [1.807, 2.05) is 35.9 Å². The molecule has 28 heavy (non-hydrogen) atoms. The Kier molecular flexibility index (Phi) is 6.08. The van der Waals surface area contributed by atoms with Crippen molar-refractivity contribution in [2.24, 2.45) is 0 Å². The first kappa shape index (κ1) is 19.6. The summed E-state index contributed by atoms with van der Waals surface area (Å²) in [5.41, 5.74) is 1.19. The number of carbonyl (C=O) groups is 1. The predicted octanol–water partition coefficient (Wildman–Crippen LogP) is 3.01. The van der Waals surface area contributed by atoms with Gasteiger partial charge < -0.3 is 19.4 Å². The minimum absolute atomic E-state index is 0.180. The zero-order chi connectivity index (χ0) is 20.1. The number of urea groups is 1. The molecule has 0 bridgehead atoms. The van der Waals surface area contributed by atoms with Gasteiger partial charge in [-0.2, -0.15) is 0 Å². The van der Waals surface area contributed by atoms with E-state index in [1.54, 1.807) is 24.5 Å². The van der Waals surface area contributed by atoms with Gasteiger partial charge in [-0.1, -0.05) is 30.3 Å². The Hall–Kier alpha value is -3.16. The number of amides is 2. The monoisotopic (exact) mass is 381 g/mol. The third-order valence-electron chi connectivity index (χ3n) is 4.61. The summed E-state index contributed by atoms with van der Waals surface area (Å²) in [6, 6.07) is 9.99. The quantitative estimate of drug-likeness (QED) is 0.682. The molecule has 148 valence electrons. The van der Waals surface area contributed by atoms with Gasteiger partial charge in [0, 0.05) is 32.0 Å². The van der Waals surface area contributed by atoms with E-state index < -0.39 is 0 Å². The van der Waals surface area contributed by atoms with Gasteiger partial charge in [0.05, 0.1) is 12.6 Å². The molecule has 0 aliphatic heterocycles. The first-order valence-electron chi connectivity index (χ1n) is 9.40. The number of aromatic nitrogens is 5. The molecule has 0 saturated heterocycles. The van der Waals surface area contributed by atoms with E-state index in [9.17, 15) is 4.79 Å². The summed E-state index contributed by atoms with van der Waals surface area (Å²) >= 11 is 0. The van der Waals surface area contributed by atoms with Crippen LogP contribution in [0.15, 0.2) is 49.1 Å². The molecule has 1 atom stereocenters. The molecule has 2 amide bonds. The Morgan fingerprint density at radius 1 is 1.21 bits per heavy atom. The Balaban J connectivity index is 1.62. The van der Waals surface area contributed by atoms with Crippen LogP contribution in [0.5, 0.6) is 0 Å². The van der Waals surface area contributed by atoms with Crippen molar-refractivity contribution in [1.29, 1.82) is 0 Å². The Morgan fingerprint density at radius 2 is 1.96 bits per heavy atom. The lowest BCUT2D eigenvalue weighted by Crippen LogP contribution is -2.39. The summed E-state index contributed by atoms with van der Waals surface area (Å²) in [5, 5.41) is 11.1. The second-order valence-electron chi connectivity index (χ2n) is 7.17. The predicted molar refractivity (Wildman–Crippen MR) is 107 cm³/mol. The molecule has 2 aromatic heterocycles. The van der Waals surface area contributed by atoms with Crippen molar-refractivity contribution in [3.8, 4) is 0 Å². The Bertz CT molecular complexity index is 900. The SMILES string of the molecule is CC(C)n1cnnc1[C@@H](C)NC(=O)N(C)Cc1nccn1Cc1ccccc1. The fourth-order valence-corrected chi connectivity index (χ4v) is 3.02. The highest BCUT2D eigenvalue weighted by Crippen LogP contribution is 2.15. The zero-order valence-corrected chi connectivity index (χ0v) is 16.8. The van der Waals surface area contributed by atoms with E-state index in [0.717, 1.165) is 18.2 Å². The van der Waals surface area contributed by atoms with Crippen LogP contribution in [0.25, 0.3) is 0 Å². The summed E-state index contributed by atoms with van der Waals surface area (Å²) in [6.45, 7) is 7.15. The average Bonchev–Trinajstić information content (AvgIpc) is 3.32. The van der Waals surface area contributed by atoms with Crippen molar-refractivity contribution < 1.29 is 4.79 Å².